The van der Waals surface area contributed by atoms with Gasteiger partial charge in [-0.25, -0.2) is 0 Å². The van der Waals surface area contributed by atoms with Crippen molar-refractivity contribution in [3.8, 4) is 5.75 Å². The smallest absolute Gasteiger partial charge is 0.128 e. The molecule has 1 heterocycles. The summed E-state index contributed by atoms with van der Waals surface area (Å²) >= 11 is 0. The Bertz CT molecular complexity index is 358. The van der Waals surface area contributed by atoms with Crippen LogP contribution < -0.4 is 4.74 Å². The lowest BCUT2D eigenvalue weighted by atomic mass is 10.2. The maximum absolute atomic E-state index is 9.14. The molecule has 1 N–H and O–H groups in total. The van der Waals surface area contributed by atoms with E-state index in [1.54, 1.807) is 6.20 Å². The second-order valence-electron chi connectivity index (χ2n) is 4.90. The predicted octanol–water partition coefficient (Wildman–Crippen LogP) is 2.08. The molecule has 0 aliphatic carbocycles. The van der Waals surface area contributed by atoms with E-state index in [-0.39, 0.29) is 12.2 Å². The van der Waals surface area contributed by atoms with Crippen molar-refractivity contribution in [1.29, 1.82) is 0 Å². The molecule has 0 unspecified atom stereocenters. The summed E-state index contributed by atoms with van der Waals surface area (Å²) < 4.78 is 11.1. The highest BCUT2D eigenvalue weighted by Crippen LogP contribution is 2.18. The molecule has 4 heteroatoms. The molecule has 0 saturated heterocycles. The normalized spacial score (nSPS) is 11.6. The maximum atomic E-state index is 9.14. The number of aryl methyl sites for hydroxylation is 1. The SMILES string of the molecule is Cc1cc(OCCOC(C)(C)C)c(CO)cn1. The Morgan fingerprint density at radius 1 is 1.29 bits per heavy atom. The number of aliphatic hydroxyl groups is 1. The van der Waals surface area contributed by atoms with E-state index in [1.165, 1.54) is 0 Å². The number of nitrogens with zero attached hydrogens (tertiary/aromatic N) is 1. The number of pyridine rings is 1. The van der Waals surface area contributed by atoms with E-state index in [0.717, 1.165) is 5.69 Å². The van der Waals surface area contributed by atoms with Crippen molar-refractivity contribution in [2.75, 3.05) is 13.2 Å². The summed E-state index contributed by atoms with van der Waals surface area (Å²) in [5.41, 5.74) is 1.41. The van der Waals surface area contributed by atoms with Gasteiger partial charge in [0.15, 0.2) is 0 Å². The topological polar surface area (TPSA) is 51.6 Å². The van der Waals surface area contributed by atoms with Crippen LogP contribution in [0.1, 0.15) is 32.0 Å². The van der Waals surface area contributed by atoms with Crippen molar-refractivity contribution in [3.05, 3.63) is 23.5 Å². The molecule has 0 spiro atoms. The summed E-state index contributed by atoms with van der Waals surface area (Å²) in [5, 5.41) is 9.14. The summed E-state index contributed by atoms with van der Waals surface area (Å²) in [4.78, 5) is 4.11. The van der Waals surface area contributed by atoms with Gasteiger partial charge in [-0.3, -0.25) is 4.98 Å². The monoisotopic (exact) mass is 239 g/mol. The second-order valence-corrected chi connectivity index (χ2v) is 4.90. The molecule has 1 aromatic heterocycles. The molecule has 0 aromatic carbocycles. The van der Waals surface area contributed by atoms with Crippen molar-refractivity contribution in [2.24, 2.45) is 0 Å². The van der Waals surface area contributed by atoms with Crippen LogP contribution in [0.4, 0.5) is 0 Å². The molecule has 0 saturated carbocycles. The molecule has 0 atom stereocenters. The van der Waals surface area contributed by atoms with E-state index in [2.05, 4.69) is 4.98 Å². The average molecular weight is 239 g/mol. The molecule has 0 radical (unpaired) electrons. The van der Waals surface area contributed by atoms with Crippen LogP contribution in [0.15, 0.2) is 12.3 Å². The molecule has 0 fully saturated rings. The molecule has 0 aliphatic rings. The van der Waals surface area contributed by atoms with Crippen LogP contribution in [0, 0.1) is 6.92 Å². The van der Waals surface area contributed by atoms with E-state index in [4.69, 9.17) is 14.6 Å². The average Bonchev–Trinajstić information content (AvgIpc) is 2.23. The van der Waals surface area contributed by atoms with E-state index < -0.39 is 0 Å². The van der Waals surface area contributed by atoms with Gasteiger partial charge in [-0.05, 0) is 27.7 Å². The lowest BCUT2D eigenvalue weighted by Gasteiger charge is -2.19. The van der Waals surface area contributed by atoms with Crippen LogP contribution in [0.3, 0.4) is 0 Å². The first-order valence-corrected chi connectivity index (χ1v) is 5.75. The number of hydrogen-bond donors (Lipinski definition) is 1. The van der Waals surface area contributed by atoms with E-state index in [1.807, 2.05) is 33.8 Å². The van der Waals surface area contributed by atoms with Gasteiger partial charge in [0.1, 0.15) is 12.4 Å². The van der Waals surface area contributed by atoms with Gasteiger partial charge in [-0.1, -0.05) is 0 Å². The van der Waals surface area contributed by atoms with Gasteiger partial charge in [-0.15, -0.1) is 0 Å². The summed E-state index contributed by atoms with van der Waals surface area (Å²) in [6.07, 6.45) is 1.63. The second kappa shape index (κ2) is 5.98. The third kappa shape index (κ3) is 5.15. The quantitative estimate of drug-likeness (QED) is 0.799. The van der Waals surface area contributed by atoms with Gasteiger partial charge in [0.05, 0.1) is 18.8 Å². The Kier molecular flexibility index (Phi) is 4.90. The summed E-state index contributed by atoms with van der Waals surface area (Å²) in [6, 6.07) is 1.82. The standard InChI is InChI=1S/C13H21NO3/c1-10-7-12(11(9-15)8-14-10)16-5-6-17-13(2,3)4/h7-8,15H,5-6,9H2,1-4H3. The fourth-order valence-electron chi connectivity index (χ4n) is 1.32. The van der Waals surface area contributed by atoms with Crippen molar-refractivity contribution >= 4 is 0 Å². The first-order chi connectivity index (χ1) is 7.92. The minimum atomic E-state index is -0.155. The third-order valence-corrected chi connectivity index (χ3v) is 2.13. The van der Waals surface area contributed by atoms with Gasteiger partial charge in [0.2, 0.25) is 0 Å². The molecule has 1 aromatic rings. The predicted molar refractivity (Wildman–Crippen MR) is 66.1 cm³/mol. The molecule has 0 amide bonds. The largest absolute Gasteiger partial charge is 0.491 e. The highest BCUT2D eigenvalue weighted by molar-refractivity contribution is 5.32. The summed E-state index contributed by atoms with van der Waals surface area (Å²) in [5.74, 6) is 0.678. The highest BCUT2D eigenvalue weighted by atomic mass is 16.5. The van der Waals surface area contributed by atoms with Crippen LogP contribution >= 0.6 is 0 Å². The molecule has 0 aliphatic heterocycles. The van der Waals surface area contributed by atoms with E-state index in [0.29, 0.717) is 24.5 Å². The van der Waals surface area contributed by atoms with Gasteiger partial charge >= 0.3 is 0 Å². The van der Waals surface area contributed by atoms with Crippen molar-refractivity contribution in [1.82, 2.24) is 4.98 Å². The lowest BCUT2D eigenvalue weighted by molar-refractivity contribution is -0.0165. The fraction of sp³-hybridized carbons (Fsp3) is 0.615. The first kappa shape index (κ1) is 13.9. The highest BCUT2D eigenvalue weighted by Gasteiger charge is 2.10. The lowest BCUT2D eigenvalue weighted by Crippen LogP contribution is -2.22. The molecular formula is C13H21NO3. The van der Waals surface area contributed by atoms with Gasteiger partial charge < -0.3 is 14.6 Å². The van der Waals surface area contributed by atoms with Crippen molar-refractivity contribution in [2.45, 2.75) is 39.9 Å². The number of aromatic nitrogens is 1. The number of rotatable bonds is 5. The van der Waals surface area contributed by atoms with Crippen LogP contribution in [0.2, 0.25) is 0 Å². The van der Waals surface area contributed by atoms with Crippen molar-refractivity contribution < 1.29 is 14.6 Å². The molecular weight excluding hydrogens is 218 g/mol. The minimum Gasteiger partial charge on any atom is -0.491 e. The van der Waals surface area contributed by atoms with Crippen LogP contribution in [-0.4, -0.2) is 28.9 Å². The van der Waals surface area contributed by atoms with Gasteiger partial charge in [-0.2, -0.15) is 0 Å². The number of ether oxygens (including phenoxy) is 2. The zero-order valence-electron chi connectivity index (χ0n) is 11.0. The molecule has 4 nitrogen and oxygen atoms in total. The Hall–Kier alpha value is -1.13. The van der Waals surface area contributed by atoms with Crippen LogP contribution in [0.5, 0.6) is 5.75 Å². The minimum absolute atomic E-state index is 0.0667. The van der Waals surface area contributed by atoms with Gasteiger partial charge in [0, 0.05) is 23.5 Å². The summed E-state index contributed by atoms with van der Waals surface area (Å²) in [7, 11) is 0. The zero-order chi connectivity index (χ0) is 12.9. The molecule has 0 bridgehead atoms. The Labute approximate surface area is 103 Å². The maximum Gasteiger partial charge on any atom is 0.128 e. The van der Waals surface area contributed by atoms with Crippen LogP contribution in [-0.2, 0) is 11.3 Å². The Morgan fingerprint density at radius 3 is 2.59 bits per heavy atom. The number of aliphatic hydroxyl groups excluding tert-OH is 1. The Balaban J connectivity index is 2.48. The molecule has 96 valence electrons. The Morgan fingerprint density at radius 2 is 2.00 bits per heavy atom. The first-order valence-electron chi connectivity index (χ1n) is 5.75. The van der Waals surface area contributed by atoms with Gasteiger partial charge in [0.25, 0.3) is 0 Å². The summed E-state index contributed by atoms with van der Waals surface area (Å²) in [6.45, 7) is 8.82. The van der Waals surface area contributed by atoms with E-state index >= 15 is 0 Å². The zero-order valence-corrected chi connectivity index (χ0v) is 11.0. The third-order valence-electron chi connectivity index (χ3n) is 2.13. The molecule has 1 rings (SSSR count). The van der Waals surface area contributed by atoms with E-state index in [9.17, 15) is 0 Å². The number of hydrogen-bond acceptors (Lipinski definition) is 4. The molecule has 17 heavy (non-hydrogen) atoms. The fourth-order valence-corrected chi connectivity index (χ4v) is 1.32. The van der Waals surface area contributed by atoms with Crippen LogP contribution in [0.25, 0.3) is 0 Å². The van der Waals surface area contributed by atoms with Crippen molar-refractivity contribution in [3.63, 3.8) is 0 Å².